The number of methoxy groups -OCH3 is 1. The molecule has 2 atom stereocenters. The van der Waals surface area contributed by atoms with Crippen LogP contribution in [-0.2, 0) is 0 Å². The van der Waals surface area contributed by atoms with E-state index in [1.165, 1.54) is 4.90 Å². The Morgan fingerprint density at radius 3 is 2.44 bits per heavy atom. The summed E-state index contributed by atoms with van der Waals surface area (Å²) in [4.78, 5) is 1.22. The van der Waals surface area contributed by atoms with E-state index in [9.17, 15) is 5.11 Å². The highest BCUT2D eigenvalue weighted by atomic mass is 32.2. The standard InChI is InChI=1S/C14H23NO2S/c1-11(9-14(2,10-16)15-3)18-13-7-5-12(17-4)6-8-13/h5-8,11,15-16H,9-10H2,1-4H3. The number of nitrogens with one attached hydrogen (secondary N) is 1. The van der Waals surface area contributed by atoms with Crippen LogP contribution >= 0.6 is 11.8 Å². The van der Waals surface area contributed by atoms with E-state index in [0.29, 0.717) is 5.25 Å². The van der Waals surface area contributed by atoms with Gasteiger partial charge in [0.25, 0.3) is 0 Å². The third-order valence-electron chi connectivity index (χ3n) is 3.09. The molecule has 0 aromatic heterocycles. The van der Waals surface area contributed by atoms with Gasteiger partial charge in [-0.05, 0) is 44.7 Å². The first kappa shape index (κ1) is 15.3. The van der Waals surface area contributed by atoms with Crippen molar-refractivity contribution in [3.05, 3.63) is 24.3 Å². The van der Waals surface area contributed by atoms with E-state index in [2.05, 4.69) is 24.4 Å². The highest BCUT2D eigenvalue weighted by molar-refractivity contribution is 7.99. The molecule has 0 aliphatic carbocycles. The third-order valence-corrected chi connectivity index (χ3v) is 4.20. The Kier molecular flexibility index (Phi) is 5.99. The molecule has 0 fully saturated rings. The predicted octanol–water partition coefficient (Wildman–Crippen LogP) is 2.54. The summed E-state index contributed by atoms with van der Waals surface area (Å²) in [5.74, 6) is 0.877. The van der Waals surface area contributed by atoms with Gasteiger partial charge in [-0.15, -0.1) is 11.8 Å². The average molecular weight is 269 g/mol. The third kappa shape index (κ3) is 4.52. The van der Waals surface area contributed by atoms with Crippen molar-refractivity contribution in [2.75, 3.05) is 20.8 Å². The smallest absolute Gasteiger partial charge is 0.118 e. The number of ether oxygens (including phenoxy) is 1. The molecule has 0 spiro atoms. The zero-order valence-electron chi connectivity index (χ0n) is 11.6. The Balaban J connectivity index is 2.55. The molecule has 0 saturated carbocycles. The lowest BCUT2D eigenvalue weighted by Crippen LogP contribution is -2.45. The molecule has 1 rings (SSSR count). The Hall–Kier alpha value is -0.710. The number of rotatable bonds is 7. The second-order valence-electron chi connectivity index (χ2n) is 4.78. The van der Waals surface area contributed by atoms with Crippen LogP contribution in [0.25, 0.3) is 0 Å². The van der Waals surface area contributed by atoms with Crippen molar-refractivity contribution in [1.29, 1.82) is 0 Å². The van der Waals surface area contributed by atoms with Crippen LogP contribution in [0.1, 0.15) is 20.3 Å². The number of thioether (sulfide) groups is 1. The number of aliphatic hydroxyl groups excluding tert-OH is 1. The Morgan fingerprint density at radius 2 is 2.00 bits per heavy atom. The summed E-state index contributed by atoms with van der Waals surface area (Å²) in [6, 6.07) is 8.07. The Bertz CT molecular complexity index is 349. The van der Waals surface area contributed by atoms with Crippen molar-refractivity contribution in [2.24, 2.45) is 0 Å². The van der Waals surface area contributed by atoms with Crippen molar-refractivity contribution in [3.8, 4) is 5.75 Å². The molecule has 0 heterocycles. The molecule has 3 nitrogen and oxygen atoms in total. The van der Waals surface area contributed by atoms with Crippen LogP contribution in [0.2, 0.25) is 0 Å². The van der Waals surface area contributed by atoms with E-state index < -0.39 is 0 Å². The van der Waals surface area contributed by atoms with E-state index in [1.807, 2.05) is 37.9 Å². The summed E-state index contributed by atoms with van der Waals surface area (Å²) in [5, 5.41) is 13.0. The fraction of sp³-hybridized carbons (Fsp3) is 0.571. The van der Waals surface area contributed by atoms with Gasteiger partial charge in [-0.1, -0.05) is 6.92 Å². The van der Waals surface area contributed by atoms with Crippen LogP contribution in [0, 0.1) is 0 Å². The van der Waals surface area contributed by atoms with Crippen LogP contribution in [0.5, 0.6) is 5.75 Å². The fourth-order valence-electron chi connectivity index (χ4n) is 1.81. The number of likely N-dealkylation sites (N-methyl/N-ethyl adjacent to an activating group) is 1. The maximum Gasteiger partial charge on any atom is 0.118 e. The minimum atomic E-state index is -0.209. The molecule has 0 radical (unpaired) electrons. The Labute approximate surface area is 114 Å². The highest BCUT2D eigenvalue weighted by Crippen LogP contribution is 2.29. The van der Waals surface area contributed by atoms with Crippen LogP contribution in [0.3, 0.4) is 0 Å². The van der Waals surface area contributed by atoms with Crippen LogP contribution in [-0.4, -0.2) is 36.7 Å². The van der Waals surface area contributed by atoms with Crippen LogP contribution in [0.4, 0.5) is 0 Å². The second kappa shape index (κ2) is 7.02. The van der Waals surface area contributed by atoms with Gasteiger partial charge in [0.15, 0.2) is 0 Å². The molecule has 0 aliphatic rings. The van der Waals surface area contributed by atoms with Gasteiger partial charge in [0.2, 0.25) is 0 Å². The fourth-order valence-corrected chi connectivity index (χ4v) is 3.02. The second-order valence-corrected chi connectivity index (χ2v) is 6.29. The number of hydrogen-bond acceptors (Lipinski definition) is 4. The maximum atomic E-state index is 9.38. The highest BCUT2D eigenvalue weighted by Gasteiger charge is 2.24. The normalized spacial score (nSPS) is 16.1. The molecule has 1 aromatic carbocycles. The molecule has 4 heteroatoms. The predicted molar refractivity (Wildman–Crippen MR) is 77.5 cm³/mol. The van der Waals surface area contributed by atoms with Gasteiger partial charge in [0.1, 0.15) is 5.75 Å². The molecule has 2 unspecified atom stereocenters. The monoisotopic (exact) mass is 269 g/mol. The first-order valence-electron chi connectivity index (χ1n) is 6.13. The van der Waals surface area contributed by atoms with Crippen LogP contribution < -0.4 is 10.1 Å². The van der Waals surface area contributed by atoms with Crippen molar-refractivity contribution in [1.82, 2.24) is 5.32 Å². The molecule has 18 heavy (non-hydrogen) atoms. The Morgan fingerprint density at radius 1 is 1.39 bits per heavy atom. The lowest BCUT2D eigenvalue weighted by Gasteiger charge is -2.29. The van der Waals surface area contributed by atoms with E-state index >= 15 is 0 Å². The van der Waals surface area contributed by atoms with Gasteiger partial charge < -0.3 is 15.2 Å². The molecule has 1 aromatic rings. The van der Waals surface area contributed by atoms with Gasteiger partial charge in [0.05, 0.1) is 13.7 Å². The summed E-state index contributed by atoms with van der Waals surface area (Å²) in [7, 11) is 3.56. The molecular weight excluding hydrogens is 246 g/mol. The molecule has 0 bridgehead atoms. The van der Waals surface area contributed by atoms with Gasteiger partial charge in [-0.2, -0.15) is 0 Å². The SMILES string of the molecule is CNC(C)(CO)CC(C)Sc1ccc(OC)cc1. The van der Waals surface area contributed by atoms with E-state index in [0.717, 1.165) is 12.2 Å². The zero-order valence-corrected chi connectivity index (χ0v) is 12.4. The summed E-state index contributed by atoms with van der Waals surface area (Å²) in [6.45, 7) is 4.37. The quantitative estimate of drug-likeness (QED) is 0.746. The molecule has 2 N–H and O–H groups in total. The van der Waals surface area contributed by atoms with Crippen molar-refractivity contribution >= 4 is 11.8 Å². The molecule has 0 aliphatic heterocycles. The number of hydrogen-bond donors (Lipinski definition) is 2. The minimum absolute atomic E-state index is 0.150. The molecular formula is C14H23NO2S. The average Bonchev–Trinajstić information content (AvgIpc) is 2.39. The lowest BCUT2D eigenvalue weighted by molar-refractivity contribution is 0.174. The summed E-state index contributed by atoms with van der Waals surface area (Å²) in [5.41, 5.74) is -0.209. The first-order valence-corrected chi connectivity index (χ1v) is 7.01. The van der Waals surface area contributed by atoms with Crippen molar-refractivity contribution in [2.45, 2.75) is 36.0 Å². The summed E-state index contributed by atoms with van der Waals surface area (Å²) < 4.78 is 5.14. The van der Waals surface area contributed by atoms with Gasteiger partial charge in [0, 0.05) is 15.7 Å². The minimum Gasteiger partial charge on any atom is -0.497 e. The summed E-state index contributed by atoms with van der Waals surface area (Å²) in [6.07, 6.45) is 0.913. The largest absolute Gasteiger partial charge is 0.497 e. The van der Waals surface area contributed by atoms with E-state index in [1.54, 1.807) is 7.11 Å². The van der Waals surface area contributed by atoms with Crippen molar-refractivity contribution in [3.63, 3.8) is 0 Å². The van der Waals surface area contributed by atoms with E-state index in [-0.39, 0.29) is 12.1 Å². The zero-order chi connectivity index (χ0) is 13.6. The van der Waals surface area contributed by atoms with Crippen LogP contribution in [0.15, 0.2) is 29.2 Å². The molecule has 102 valence electrons. The number of benzene rings is 1. The topological polar surface area (TPSA) is 41.5 Å². The van der Waals surface area contributed by atoms with Gasteiger partial charge in [-0.25, -0.2) is 0 Å². The summed E-state index contributed by atoms with van der Waals surface area (Å²) >= 11 is 1.81. The number of aliphatic hydroxyl groups is 1. The lowest BCUT2D eigenvalue weighted by atomic mass is 9.97. The van der Waals surface area contributed by atoms with E-state index in [4.69, 9.17) is 4.74 Å². The van der Waals surface area contributed by atoms with Gasteiger partial charge >= 0.3 is 0 Å². The molecule has 0 amide bonds. The molecule has 0 saturated heterocycles. The maximum absolute atomic E-state index is 9.38. The van der Waals surface area contributed by atoms with Gasteiger partial charge in [-0.3, -0.25) is 0 Å². The van der Waals surface area contributed by atoms with Crippen molar-refractivity contribution < 1.29 is 9.84 Å². The first-order chi connectivity index (χ1) is 8.53.